The Morgan fingerprint density at radius 2 is 1.89 bits per heavy atom. The van der Waals surface area contributed by atoms with E-state index in [0.717, 1.165) is 18.2 Å². The van der Waals surface area contributed by atoms with Crippen molar-refractivity contribution in [3.8, 4) is 11.1 Å². The van der Waals surface area contributed by atoms with Crippen LogP contribution in [0.4, 0.5) is 14.7 Å². The van der Waals surface area contributed by atoms with Crippen LogP contribution in [-0.2, 0) is 0 Å². The fraction of sp³-hybridized carbons (Fsp3) is 0.231. The molecule has 0 aliphatic heterocycles. The molecule has 0 unspecified atom stereocenters. The predicted octanol–water partition coefficient (Wildman–Crippen LogP) is 1.85. The maximum Gasteiger partial charge on any atom is 0.225 e. The lowest BCUT2D eigenvalue weighted by Crippen LogP contribution is -2.23. The van der Waals surface area contributed by atoms with Gasteiger partial charge in [-0.05, 0) is 18.2 Å². The SMILES string of the molecule is CN(CCO)c1ncc(-c2cc(F)ccc2F)cn1. The zero-order chi connectivity index (χ0) is 13.8. The zero-order valence-electron chi connectivity index (χ0n) is 10.3. The lowest BCUT2D eigenvalue weighted by molar-refractivity contribution is 0.303. The summed E-state index contributed by atoms with van der Waals surface area (Å²) >= 11 is 0. The van der Waals surface area contributed by atoms with E-state index in [0.29, 0.717) is 18.1 Å². The van der Waals surface area contributed by atoms with Crippen molar-refractivity contribution in [2.24, 2.45) is 0 Å². The highest BCUT2D eigenvalue weighted by atomic mass is 19.1. The molecule has 1 aromatic heterocycles. The molecule has 2 rings (SSSR count). The van der Waals surface area contributed by atoms with E-state index in [1.807, 2.05) is 0 Å². The van der Waals surface area contributed by atoms with Crippen LogP contribution in [0.3, 0.4) is 0 Å². The number of hydrogen-bond acceptors (Lipinski definition) is 4. The van der Waals surface area contributed by atoms with Gasteiger partial charge in [0.2, 0.25) is 5.95 Å². The van der Waals surface area contributed by atoms with E-state index in [2.05, 4.69) is 9.97 Å². The molecule has 19 heavy (non-hydrogen) atoms. The van der Waals surface area contributed by atoms with Crippen LogP contribution in [0.25, 0.3) is 11.1 Å². The molecule has 1 aromatic carbocycles. The third-order valence-electron chi connectivity index (χ3n) is 2.65. The predicted molar refractivity (Wildman–Crippen MR) is 67.7 cm³/mol. The Balaban J connectivity index is 2.29. The molecule has 1 heterocycles. The van der Waals surface area contributed by atoms with Gasteiger partial charge in [-0.3, -0.25) is 0 Å². The number of likely N-dealkylation sites (N-methyl/N-ethyl adjacent to an activating group) is 1. The maximum atomic E-state index is 13.6. The second-order valence-electron chi connectivity index (χ2n) is 4.04. The summed E-state index contributed by atoms with van der Waals surface area (Å²) in [5.41, 5.74) is 0.523. The number of anilines is 1. The summed E-state index contributed by atoms with van der Waals surface area (Å²) < 4.78 is 26.7. The minimum Gasteiger partial charge on any atom is -0.395 e. The number of aromatic nitrogens is 2. The molecule has 0 saturated heterocycles. The highest BCUT2D eigenvalue weighted by Crippen LogP contribution is 2.23. The van der Waals surface area contributed by atoms with Crippen LogP contribution in [0.2, 0.25) is 0 Å². The molecule has 0 atom stereocenters. The fourth-order valence-electron chi connectivity index (χ4n) is 1.63. The van der Waals surface area contributed by atoms with Crippen LogP contribution in [0.15, 0.2) is 30.6 Å². The van der Waals surface area contributed by atoms with Crippen LogP contribution < -0.4 is 4.90 Å². The van der Waals surface area contributed by atoms with Crippen molar-refractivity contribution >= 4 is 5.95 Å². The first-order chi connectivity index (χ1) is 9.11. The van der Waals surface area contributed by atoms with Gasteiger partial charge in [-0.15, -0.1) is 0 Å². The quantitative estimate of drug-likeness (QED) is 0.916. The zero-order valence-corrected chi connectivity index (χ0v) is 10.3. The standard InChI is InChI=1S/C13H13F2N3O/c1-18(4-5-19)13-16-7-9(8-17-13)11-6-10(14)2-3-12(11)15/h2-3,6-8,19H,4-5H2,1H3. The van der Waals surface area contributed by atoms with Gasteiger partial charge in [-0.25, -0.2) is 18.7 Å². The Morgan fingerprint density at radius 1 is 1.21 bits per heavy atom. The molecule has 6 heteroatoms. The second kappa shape index (κ2) is 5.71. The number of halogens is 2. The number of aliphatic hydroxyl groups is 1. The number of aliphatic hydroxyl groups excluding tert-OH is 1. The summed E-state index contributed by atoms with van der Waals surface area (Å²) in [7, 11) is 1.73. The van der Waals surface area contributed by atoms with Crippen LogP contribution in [0, 0.1) is 11.6 Å². The average molecular weight is 265 g/mol. The third-order valence-corrected chi connectivity index (χ3v) is 2.65. The van der Waals surface area contributed by atoms with Gasteiger partial charge in [0.1, 0.15) is 11.6 Å². The first-order valence-corrected chi connectivity index (χ1v) is 5.71. The number of hydrogen-bond donors (Lipinski definition) is 1. The van der Waals surface area contributed by atoms with E-state index in [9.17, 15) is 8.78 Å². The molecule has 100 valence electrons. The molecular weight excluding hydrogens is 252 g/mol. The molecule has 0 bridgehead atoms. The highest BCUT2D eigenvalue weighted by Gasteiger charge is 2.09. The first-order valence-electron chi connectivity index (χ1n) is 5.71. The van der Waals surface area contributed by atoms with Gasteiger partial charge < -0.3 is 10.0 Å². The van der Waals surface area contributed by atoms with Crippen molar-refractivity contribution in [1.82, 2.24) is 9.97 Å². The van der Waals surface area contributed by atoms with Gasteiger partial charge in [-0.1, -0.05) is 0 Å². The van der Waals surface area contributed by atoms with Crippen LogP contribution in [0.1, 0.15) is 0 Å². The Kier molecular flexibility index (Phi) is 4.01. The van der Waals surface area contributed by atoms with E-state index in [4.69, 9.17) is 5.11 Å². The molecule has 1 N–H and O–H groups in total. The van der Waals surface area contributed by atoms with E-state index >= 15 is 0 Å². The molecule has 0 radical (unpaired) electrons. The molecule has 0 saturated carbocycles. The largest absolute Gasteiger partial charge is 0.395 e. The summed E-state index contributed by atoms with van der Waals surface area (Å²) in [6.07, 6.45) is 2.85. The Bertz CT molecular complexity index is 560. The molecular formula is C13H13F2N3O. The molecule has 0 spiro atoms. The summed E-state index contributed by atoms with van der Waals surface area (Å²) in [6.45, 7) is 0.383. The van der Waals surface area contributed by atoms with E-state index in [1.165, 1.54) is 12.4 Å². The van der Waals surface area contributed by atoms with Gasteiger partial charge >= 0.3 is 0 Å². The highest BCUT2D eigenvalue weighted by molar-refractivity contribution is 5.62. The van der Waals surface area contributed by atoms with Gasteiger partial charge in [0.25, 0.3) is 0 Å². The van der Waals surface area contributed by atoms with Gasteiger partial charge in [0.05, 0.1) is 6.61 Å². The van der Waals surface area contributed by atoms with Crippen molar-refractivity contribution in [3.05, 3.63) is 42.2 Å². The molecule has 4 nitrogen and oxygen atoms in total. The molecule has 2 aromatic rings. The number of rotatable bonds is 4. The number of benzene rings is 1. The first kappa shape index (κ1) is 13.4. The van der Waals surface area contributed by atoms with Gasteiger partial charge in [-0.2, -0.15) is 0 Å². The van der Waals surface area contributed by atoms with Crippen molar-refractivity contribution in [2.75, 3.05) is 25.1 Å². The van der Waals surface area contributed by atoms with Crippen LogP contribution >= 0.6 is 0 Å². The fourth-order valence-corrected chi connectivity index (χ4v) is 1.63. The topological polar surface area (TPSA) is 49.2 Å². The maximum absolute atomic E-state index is 13.6. The van der Waals surface area contributed by atoms with Crippen molar-refractivity contribution < 1.29 is 13.9 Å². The lowest BCUT2D eigenvalue weighted by atomic mass is 10.1. The van der Waals surface area contributed by atoms with Crippen LogP contribution in [-0.4, -0.2) is 35.3 Å². The summed E-state index contributed by atoms with van der Waals surface area (Å²) in [6, 6.07) is 3.23. The molecule has 0 aliphatic rings. The molecule has 0 fully saturated rings. The van der Waals surface area contributed by atoms with E-state index in [-0.39, 0.29) is 12.2 Å². The normalized spacial score (nSPS) is 10.5. The number of nitrogens with zero attached hydrogens (tertiary/aromatic N) is 3. The third kappa shape index (κ3) is 3.03. The van der Waals surface area contributed by atoms with Gasteiger partial charge in [0.15, 0.2) is 0 Å². The molecule has 0 aliphatic carbocycles. The van der Waals surface area contributed by atoms with Crippen molar-refractivity contribution in [2.45, 2.75) is 0 Å². The molecule has 0 amide bonds. The summed E-state index contributed by atoms with van der Waals surface area (Å²) in [5.74, 6) is -0.631. The van der Waals surface area contributed by atoms with E-state index < -0.39 is 11.6 Å². The lowest BCUT2D eigenvalue weighted by Gasteiger charge is -2.15. The summed E-state index contributed by atoms with van der Waals surface area (Å²) in [5, 5.41) is 8.81. The second-order valence-corrected chi connectivity index (χ2v) is 4.04. The average Bonchev–Trinajstić information content (AvgIpc) is 2.42. The smallest absolute Gasteiger partial charge is 0.225 e. The van der Waals surface area contributed by atoms with Crippen molar-refractivity contribution in [3.63, 3.8) is 0 Å². The summed E-state index contributed by atoms with van der Waals surface area (Å²) in [4.78, 5) is 9.78. The van der Waals surface area contributed by atoms with Crippen molar-refractivity contribution in [1.29, 1.82) is 0 Å². The van der Waals surface area contributed by atoms with E-state index in [1.54, 1.807) is 11.9 Å². The Hall–Kier alpha value is -2.08. The monoisotopic (exact) mass is 265 g/mol. The minimum absolute atomic E-state index is 0.0138. The Morgan fingerprint density at radius 3 is 2.53 bits per heavy atom. The van der Waals surface area contributed by atoms with Crippen LogP contribution in [0.5, 0.6) is 0 Å². The Labute approximate surface area is 109 Å². The van der Waals surface area contributed by atoms with Gasteiger partial charge in [0, 0.05) is 37.1 Å². The minimum atomic E-state index is -0.526.